The zero-order chi connectivity index (χ0) is 12.2. The summed E-state index contributed by atoms with van der Waals surface area (Å²) in [6.45, 7) is 2.18. The highest BCUT2D eigenvalue weighted by Crippen LogP contribution is 2.41. The Morgan fingerprint density at radius 1 is 1.53 bits per heavy atom. The van der Waals surface area contributed by atoms with Crippen LogP contribution in [-0.4, -0.2) is 9.55 Å². The summed E-state index contributed by atoms with van der Waals surface area (Å²) in [5.41, 5.74) is 1.74. The minimum absolute atomic E-state index is 0.264. The number of hydrogen-bond donors (Lipinski definition) is 1. The second-order valence-electron chi connectivity index (χ2n) is 4.66. The van der Waals surface area contributed by atoms with Crippen molar-refractivity contribution in [3.63, 3.8) is 0 Å². The van der Waals surface area contributed by atoms with Crippen molar-refractivity contribution in [3.8, 4) is 0 Å². The van der Waals surface area contributed by atoms with Gasteiger partial charge in [0.15, 0.2) is 4.77 Å². The van der Waals surface area contributed by atoms with E-state index < -0.39 is 0 Å². The molecule has 1 aliphatic rings. The normalized spacial score (nSPS) is 17.6. The average Bonchev–Trinajstić information content (AvgIpc) is 3.04. The molecule has 0 radical (unpaired) electrons. The molecular weight excluding hydrogens is 303 g/mol. The lowest BCUT2D eigenvalue weighted by atomic mass is 10.2. The Hall–Kier alpha value is -0.680. The monoisotopic (exact) mass is 314 g/mol. The molecule has 17 heavy (non-hydrogen) atoms. The van der Waals surface area contributed by atoms with Crippen LogP contribution in [0.15, 0.2) is 16.6 Å². The molecule has 0 aliphatic heterocycles. The van der Waals surface area contributed by atoms with Gasteiger partial charge in [-0.15, -0.1) is 0 Å². The Bertz CT molecular complexity index is 642. The Labute approximate surface area is 112 Å². The molecule has 5 heteroatoms. The van der Waals surface area contributed by atoms with Crippen molar-refractivity contribution < 1.29 is 4.39 Å². The number of imidazole rings is 1. The van der Waals surface area contributed by atoms with Gasteiger partial charge in [-0.05, 0) is 59.9 Å². The first-order chi connectivity index (χ1) is 8.08. The molecule has 0 bridgehead atoms. The van der Waals surface area contributed by atoms with E-state index in [2.05, 4.69) is 32.4 Å². The van der Waals surface area contributed by atoms with Crippen LogP contribution in [-0.2, 0) is 0 Å². The second-order valence-corrected chi connectivity index (χ2v) is 5.90. The number of hydrogen-bond acceptors (Lipinski definition) is 1. The fourth-order valence-electron chi connectivity index (χ4n) is 2.31. The molecule has 1 fully saturated rings. The summed E-state index contributed by atoms with van der Waals surface area (Å²) in [6.07, 6.45) is 2.52. The lowest BCUT2D eigenvalue weighted by molar-refractivity contribution is 0.492. The Balaban J connectivity index is 2.26. The van der Waals surface area contributed by atoms with Gasteiger partial charge in [-0.3, -0.25) is 0 Å². The lowest BCUT2D eigenvalue weighted by Gasteiger charge is -2.13. The maximum atomic E-state index is 13.5. The van der Waals surface area contributed by atoms with E-state index in [0.717, 1.165) is 11.0 Å². The molecule has 2 aromatic rings. The molecule has 3 rings (SSSR count). The third kappa shape index (κ3) is 1.85. The van der Waals surface area contributed by atoms with E-state index >= 15 is 0 Å². The van der Waals surface area contributed by atoms with Gasteiger partial charge in [0.05, 0.1) is 15.5 Å². The summed E-state index contributed by atoms with van der Waals surface area (Å²) in [4.78, 5) is 3.08. The van der Waals surface area contributed by atoms with Gasteiger partial charge in [-0.1, -0.05) is 0 Å². The number of aromatic amines is 1. The third-order valence-electron chi connectivity index (χ3n) is 3.47. The zero-order valence-corrected chi connectivity index (χ0v) is 11.7. The largest absolute Gasteiger partial charge is 0.330 e. The molecule has 1 atom stereocenters. The summed E-state index contributed by atoms with van der Waals surface area (Å²) in [5.74, 6) is 0.449. The van der Waals surface area contributed by atoms with Gasteiger partial charge in [-0.25, -0.2) is 4.39 Å². The molecule has 1 N–H and O–H groups in total. The SMILES string of the molecule is CC(C1CC1)n1c(=S)[nH]c2cc(F)c(Br)cc21. The second kappa shape index (κ2) is 3.92. The average molecular weight is 315 g/mol. The van der Waals surface area contributed by atoms with Crippen molar-refractivity contribution in [3.05, 3.63) is 27.2 Å². The number of aromatic nitrogens is 2. The number of benzene rings is 1. The van der Waals surface area contributed by atoms with Gasteiger partial charge < -0.3 is 9.55 Å². The standard InChI is InChI=1S/C12H12BrFN2S/c1-6(7-2-3-7)16-11-4-8(13)9(14)5-10(11)15-12(16)17/h4-7H,2-3H2,1H3,(H,15,17). The van der Waals surface area contributed by atoms with Crippen LogP contribution in [0, 0.1) is 16.5 Å². The first-order valence-corrected chi connectivity index (χ1v) is 6.87. The molecule has 1 heterocycles. The van der Waals surface area contributed by atoms with E-state index in [4.69, 9.17) is 12.2 Å². The molecular formula is C12H12BrFN2S. The van der Waals surface area contributed by atoms with Gasteiger partial charge in [0, 0.05) is 12.1 Å². The summed E-state index contributed by atoms with van der Waals surface area (Å²) >= 11 is 8.56. The first-order valence-electron chi connectivity index (χ1n) is 5.67. The van der Waals surface area contributed by atoms with Gasteiger partial charge in [-0.2, -0.15) is 0 Å². The van der Waals surface area contributed by atoms with Crippen LogP contribution in [0.25, 0.3) is 11.0 Å². The van der Waals surface area contributed by atoms with Gasteiger partial charge in [0.25, 0.3) is 0 Å². The van der Waals surface area contributed by atoms with Crippen molar-refractivity contribution in [2.24, 2.45) is 5.92 Å². The lowest BCUT2D eigenvalue weighted by Crippen LogP contribution is -2.06. The summed E-state index contributed by atoms with van der Waals surface area (Å²) in [6, 6.07) is 3.68. The molecule has 0 saturated heterocycles. The maximum Gasteiger partial charge on any atom is 0.178 e. The summed E-state index contributed by atoms with van der Waals surface area (Å²) in [7, 11) is 0. The predicted molar refractivity (Wildman–Crippen MR) is 72.2 cm³/mol. The first kappa shape index (κ1) is 11.4. The molecule has 1 aromatic carbocycles. The predicted octanol–water partition coefficient (Wildman–Crippen LogP) is 4.57. The van der Waals surface area contributed by atoms with Crippen molar-refractivity contribution in [2.75, 3.05) is 0 Å². The maximum absolute atomic E-state index is 13.5. The fraction of sp³-hybridized carbons (Fsp3) is 0.417. The van der Waals surface area contributed by atoms with Crippen molar-refractivity contribution >= 4 is 39.2 Å². The van der Waals surface area contributed by atoms with Crippen molar-refractivity contribution in [1.29, 1.82) is 0 Å². The fourth-order valence-corrected chi connectivity index (χ4v) is 3.02. The molecule has 1 unspecified atom stereocenters. The molecule has 2 nitrogen and oxygen atoms in total. The van der Waals surface area contributed by atoms with E-state index in [-0.39, 0.29) is 5.82 Å². The molecule has 90 valence electrons. The molecule has 1 saturated carbocycles. The van der Waals surface area contributed by atoms with Crippen LogP contribution in [0.1, 0.15) is 25.8 Å². The highest BCUT2D eigenvalue weighted by Gasteiger charge is 2.30. The number of halogens is 2. The minimum atomic E-state index is -0.264. The van der Waals surface area contributed by atoms with E-state index in [1.807, 2.05) is 0 Å². The van der Waals surface area contributed by atoms with Crippen LogP contribution < -0.4 is 0 Å². The zero-order valence-electron chi connectivity index (χ0n) is 9.34. The van der Waals surface area contributed by atoms with Gasteiger partial charge in [0.2, 0.25) is 0 Å². The van der Waals surface area contributed by atoms with Gasteiger partial charge >= 0.3 is 0 Å². The number of rotatable bonds is 2. The summed E-state index contributed by atoms with van der Waals surface area (Å²) < 4.78 is 16.7. The third-order valence-corrected chi connectivity index (χ3v) is 4.38. The summed E-state index contributed by atoms with van der Waals surface area (Å²) in [5, 5.41) is 0. The van der Waals surface area contributed by atoms with Gasteiger partial charge in [0.1, 0.15) is 5.82 Å². The highest BCUT2D eigenvalue weighted by molar-refractivity contribution is 9.10. The Kier molecular flexibility index (Phi) is 2.63. The Morgan fingerprint density at radius 3 is 2.88 bits per heavy atom. The van der Waals surface area contributed by atoms with Crippen LogP contribution in [0.4, 0.5) is 4.39 Å². The van der Waals surface area contributed by atoms with E-state index in [9.17, 15) is 4.39 Å². The van der Waals surface area contributed by atoms with E-state index in [1.54, 1.807) is 6.07 Å². The topological polar surface area (TPSA) is 20.7 Å². The minimum Gasteiger partial charge on any atom is -0.330 e. The van der Waals surface area contributed by atoms with Crippen LogP contribution in [0.5, 0.6) is 0 Å². The van der Waals surface area contributed by atoms with Crippen LogP contribution >= 0.6 is 28.1 Å². The number of nitrogens with zero attached hydrogens (tertiary/aromatic N) is 1. The highest BCUT2D eigenvalue weighted by atomic mass is 79.9. The van der Waals surface area contributed by atoms with Crippen molar-refractivity contribution in [1.82, 2.24) is 9.55 Å². The molecule has 1 aliphatic carbocycles. The smallest absolute Gasteiger partial charge is 0.178 e. The van der Waals surface area contributed by atoms with E-state index in [0.29, 0.717) is 21.2 Å². The number of H-pyrrole nitrogens is 1. The quantitative estimate of drug-likeness (QED) is 0.805. The molecule has 1 aromatic heterocycles. The molecule has 0 amide bonds. The molecule has 0 spiro atoms. The number of nitrogens with one attached hydrogen (secondary N) is 1. The Morgan fingerprint density at radius 2 is 2.24 bits per heavy atom. The number of fused-ring (bicyclic) bond motifs is 1. The van der Waals surface area contributed by atoms with Crippen LogP contribution in [0.2, 0.25) is 0 Å². The van der Waals surface area contributed by atoms with Crippen molar-refractivity contribution in [2.45, 2.75) is 25.8 Å². The van der Waals surface area contributed by atoms with Crippen LogP contribution in [0.3, 0.4) is 0 Å². The van der Waals surface area contributed by atoms with E-state index in [1.165, 1.54) is 18.9 Å².